The molecule has 0 saturated heterocycles. The molecule has 154 valence electrons. The largest absolute Gasteiger partial charge is 0.350 e. The first kappa shape index (κ1) is 21.9. The highest BCUT2D eigenvalue weighted by Crippen LogP contribution is 2.12. The number of para-hydroxylation sites is 1. The summed E-state index contributed by atoms with van der Waals surface area (Å²) in [6.45, 7) is 3.80. The quantitative estimate of drug-likeness (QED) is 0.467. The van der Waals surface area contributed by atoms with Crippen LogP contribution in [0.15, 0.2) is 54.6 Å². The fraction of sp³-hybridized carbons (Fsp3) is 0.286. The van der Waals surface area contributed by atoms with Gasteiger partial charge in [-0.2, -0.15) is 0 Å². The van der Waals surface area contributed by atoms with E-state index in [2.05, 4.69) is 21.3 Å². The van der Waals surface area contributed by atoms with Crippen molar-refractivity contribution in [2.24, 2.45) is 11.7 Å². The van der Waals surface area contributed by atoms with Crippen LogP contribution >= 0.6 is 0 Å². The number of hydrogen-bond donors (Lipinski definition) is 5. The molecule has 0 spiro atoms. The molecule has 0 aliphatic rings. The zero-order chi connectivity index (χ0) is 21.2. The van der Waals surface area contributed by atoms with Gasteiger partial charge < -0.3 is 27.0 Å². The number of rotatable bonds is 8. The second-order valence-corrected chi connectivity index (χ2v) is 6.91. The van der Waals surface area contributed by atoms with E-state index in [1.807, 2.05) is 38.1 Å². The average Bonchev–Trinajstić information content (AvgIpc) is 2.70. The van der Waals surface area contributed by atoms with E-state index in [1.165, 1.54) is 0 Å². The van der Waals surface area contributed by atoms with Gasteiger partial charge in [0.15, 0.2) is 0 Å². The van der Waals surface area contributed by atoms with Crippen molar-refractivity contribution in [3.63, 3.8) is 0 Å². The van der Waals surface area contributed by atoms with Gasteiger partial charge in [-0.15, -0.1) is 0 Å². The lowest BCUT2D eigenvalue weighted by molar-refractivity contribution is -0.127. The molecule has 2 aromatic carbocycles. The van der Waals surface area contributed by atoms with Crippen molar-refractivity contribution in [3.8, 4) is 0 Å². The van der Waals surface area contributed by atoms with E-state index in [0.717, 1.165) is 5.56 Å². The smallest absolute Gasteiger partial charge is 0.323 e. The molecule has 6 N–H and O–H groups in total. The number of hydrogen-bond acceptors (Lipinski definition) is 4. The molecule has 0 fully saturated rings. The molecule has 4 amide bonds. The molecule has 8 heteroatoms. The van der Waals surface area contributed by atoms with Crippen molar-refractivity contribution in [3.05, 3.63) is 60.2 Å². The molecule has 1 atom stereocenters. The Hall–Kier alpha value is -3.39. The number of nitrogens with one attached hydrogen (secondary N) is 4. The Morgan fingerprint density at radius 1 is 0.897 bits per heavy atom. The first-order valence-corrected chi connectivity index (χ1v) is 9.37. The van der Waals surface area contributed by atoms with Crippen LogP contribution in [-0.2, 0) is 16.1 Å². The molecule has 0 unspecified atom stereocenters. The van der Waals surface area contributed by atoms with Gasteiger partial charge in [-0.05, 0) is 35.7 Å². The van der Waals surface area contributed by atoms with Crippen LogP contribution in [0.2, 0.25) is 0 Å². The third-order valence-corrected chi connectivity index (χ3v) is 4.15. The molecule has 0 bridgehead atoms. The normalized spacial score (nSPS) is 11.4. The molecular weight excluding hydrogens is 370 g/mol. The molecular formula is C21H27N5O3. The molecule has 29 heavy (non-hydrogen) atoms. The van der Waals surface area contributed by atoms with Crippen molar-refractivity contribution < 1.29 is 14.4 Å². The minimum Gasteiger partial charge on any atom is -0.350 e. The van der Waals surface area contributed by atoms with Gasteiger partial charge >= 0.3 is 6.03 Å². The molecule has 0 aromatic heterocycles. The highest BCUT2D eigenvalue weighted by atomic mass is 16.2. The minimum absolute atomic E-state index is 0.00704. The van der Waals surface area contributed by atoms with Gasteiger partial charge in [-0.3, -0.25) is 9.59 Å². The summed E-state index contributed by atoms with van der Waals surface area (Å²) >= 11 is 0. The Kier molecular flexibility index (Phi) is 8.17. The van der Waals surface area contributed by atoms with Gasteiger partial charge in [0.05, 0.1) is 12.6 Å². The van der Waals surface area contributed by atoms with Gasteiger partial charge in [0.25, 0.3) is 0 Å². The predicted octanol–water partition coefficient (Wildman–Crippen LogP) is 2.05. The topological polar surface area (TPSA) is 125 Å². The Morgan fingerprint density at radius 2 is 1.55 bits per heavy atom. The maximum atomic E-state index is 12.1. The Morgan fingerprint density at radius 3 is 2.24 bits per heavy atom. The first-order valence-electron chi connectivity index (χ1n) is 9.37. The van der Waals surface area contributed by atoms with Crippen LogP contribution < -0.4 is 27.0 Å². The highest BCUT2D eigenvalue weighted by molar-refractivity contribution is 5.99. The lowest BCUT2D eigenvalue weighted by Gasteiger charge is -2.15. The average molecular weight is 397 g/mol. The Labute approximate surface area is 170 Å². The molecule has 0 heterocycles. The van der Waals surface area contributed by atoms with E-state index >= 15 is 0 Å². The molecule has 8 nitrogen and oxygen atoms in total. The molecule has 0 aliphatic heterocycles. The SMILES string of the molecule is CC(C)[C@H](N)C(=O)NCC(=O)NCc1cccc(NC(=O)Nc2ccccc2)c1. The number of nitrogens with two attached hydrogens (primary N) is 1. The van der Waals surface area contributed by atoms with Crippen LogP contribution in [0, 0.1) is 5.92 Å². The molecule has 2 aromatic rings. The van der Waals surface area contributed by atoms with Crippen LogP contribution in [0.3, 0.4) is 0 Å². The van der Waals surface area contributed by atoms with E-state index in [-0.39, 0.29) is 36.9 Å². The zero-order valence-electron chi connectivity index (χ0n) is 16.6. The standard InChI is InChI=1S/C21H27N5O3/c1-14(2)19(22)20(28)24-13-18(27)23-12-15-7-6-10-17(11-15)26-21(29)25-16-8-4-3-5-9-16/h3-11,14,19H,12-13,22H2,1-2H3,(H,23,27)(H,24,28)(H2,25,26,29)/t19-/m0/s1. The van der Waals surface area contributed by atoms with Crippen LogP contribution in [0.25, 0.3) is 0 Å². The summed E-state index contributed by atoms with van der Waals surface area (Å²) in [5, 5.41) is 10.7. The number of carbonyl (C=O) groups is 3. The highest BCUT2D eigenvalue weighted by Gasteiger charge is 2.17. The maximum absolute atomic E-state index is 12.1. The Balaban J connectivity index is 1.79. The van der Waals surface area contributed by atoms with E-state index in [1.54, 1.807) is 30.3 Å². The lowest BCUT2D eigenvalue weighted by atomic mass is 10.1. The summed E-state index contributed by atoms with van der Waals surface area (Å²) in [5.74, 6) is -0.687. The van der Waals surface area contributed by atoms with E-state index in [9.17, 15) is 14.4 Å². The summed E-state index contributed by atoms with van der Waals surface area (Å²) in [4.78, 5) is 35.8. The fourth-order valence-corrected chi connectivity index (χ4v) is 2.43. The third kappa shape index (κ3) is 7.63. The number of amides is 4. The lowest BCUT2D eigenvalue weighted by Crippen LogP contribution is -2.47. The van der Waals surface area contributed by atoms with Crippen LogP contribution in [0.4, 0.5) is 16.2 Å². The van der Waals surface area contributed by atoms with E-state index in [4.69, 9.17) is 5.73 Å². The second kappa shape index (κ2) is 10.8. The summed E-state index contributed by atoms with van der Waals surface area (Å²) in [5.41, 5.74) is 7.83. The van der Waals surface area contributed by atoms with E-state index < -0.39 is 6.04 Å². The van der Waals surface area contributed by atoms with Crippen molar-refractivity contribution in [1.29, 1.82) is 0 Å². The van der Waals surface area contributed by atoms with Gasteiger partial charge in [0, 0.05) is 17.9 Å². The van der Waals surface area contributed by atoms with Gasteiger partial charge in [-0.1, -0.05) is 44.2 Å². The third-order valence-electron chi connectivity index (χ3n) is 4.15. The second-order valence-electron chi connectivity index (χ2n) is 6.91. The van der Waals surface area contributed by atoms with Crippen LogP contribution in [-0.4, -0.2) is 30.4 Å². The summed E-state index contributed by atoms with van der Waals surface area (Å²) in [6.07, 6.45) is 0. The van der Waals surface area contributed by atoms with Crippen molar-refractivity contribution in [2.45, 2.75) is 26.4 Å². The van der Waals surface area contributed by atoms with Crippen LogP contribution in [0.1, 0.15) is 19.4 Å². The molecule has 0 saturated carbocycles. The van der Waals surface area contributed by atoms with E-state index in [0.29, 0.717) is 11.4 Å². The molecule has 2 rings (SSSR count). The van der Waals surface area contributed by atoms with Gasteiger partial charge in [0.1, 0.15) is 0 Å². The fourth-order valence-electron chi connectivity index (χ4n) is 2.43. The monoisotopic (exact) mass is 397 g/mol. The van der Waals surface area contributed by atoms with Crippen molar-refractivity contribution >= 4 is 29.2 Å². The number of benzene rings is 2. The number of urea groups is 1. The molecule has 0 radical (unpaired) electrons. The predicted molar refractivity (Wildman–Crippen MR) is 113 cm³/mol. The minimum atomic E-state index is -0.646. The first-order chi connectivity index (χ1) is 13.8. The summed E-state index contributed by atoms with van der Waals surface area (Å²) < 4.78 is 0. The van der Waals surface area contributed by atoms with Crippen LogP contribution in [0.5, 0.6) is 0 Å². The Bertz CT molecular complexity index is 839. The summed E-state index contributed by atoms with van der Waals surface area (Å²) in [7, 11) is 0. The number of carbonyl (C=O) groups excluding carboxylic acids is 3. The zero-order valence-corrected chi connectivity index (χ0v) is 16.6. The molecule has 0 aliphatic carbocycles. The summed E-state index contributed by atoms with van der Waals surface area (Å²) in [6, 6.07) is 15.2. The maximum Gasteiger partial charge on any atom is 0.323 e. The van der Waals surface area contributed by atoms with Gasteiger partial charge in [-0.25, -0.2) is 4.79 Å². The van der Waals surface area contributed by atoms with Gasteiger partial charge in [0.2, 0.25) is 11.8 Å². The van der Waals surface area contributed by atoms with Crippen molar-refractivity contribution in [2.75, 3.05) is 17.2 Å². The number of anilines is 2. The van der Waals surface area contributed by atoms with Crippen molar-refractivity contribution in [1.82, 2.24) is 10.6 Å².